The number of aromatic nitrogens is 1. The summed E-state index contributed by atoms with van der Waals surface area (Å²) in [5.41, 5.74) is 6.71. The standard InChI is InChI=1S/C15H11N5OS/c16-9-13-14(17)20(18-10-12-7-4-8-21-12)15(22-13)19-11-5-2-1-3-6-11/h1-8,10H,17H2/b18-10-,19-15?. The summed E-state index contributed by atoms with van der Waals surface area (Å²) in [6.07, 6.45) is 3.08. The van der Waals surface area contributed by atoms with Crippen LogP contribution in [0.2, 0.25) is 0 Å². The third-order valence-corrected chi connectivity index (χ3v) is 3.71. The molecule has 0 fully saturated rings. The normalized spacial score (nSPS) is 11.9. The number of hydrogen-bond donors (Lipinski definition) is 1. The van der Waals surface area contributed by atoms with E-state index in [0.29, 0.717) is 15.4 Å². The van der Waals surface area contributed by atoms with E-state index in [-0.39, 0.29) is 5.82 Å². The maximum Gasteiger partial charge on any atom is 0.214 e. The molecule has 0 saturated carbocycles. The van der Waals surface area contributed by atoms with Gasteiger partial charge in [-0.1, -0.05) is 29.5 Å². The van der Waals surface area contributed by atoms with Crippen LogP contribution in [0.5, 0.6) is 0 Å². The minimum atomic E-state index is 0.255. The van der Waals surface area contributed by atoms with Crippen LogP contribution < -0.4 is 10.5 Å². The molecule has 0 bridgehead atoms. The van der Waals surface area contributed by atoms with Gasteiger partial charge in [0.05, 0.1) is 18.2 Å². The van der Waals surface area contributed by atoms with Crippen molar-refractivity contribution in [1.29, 1.82) is 5.26 Å². The Kier molecular flexibility index (Phi) is 3.85. The number of rotatable bonds is 3. The zero-order valence-corrected chi connectivity index (χ0v) is 12.2. The average molecular weight is 309 g/mol. The number of anilines is 1. The summed E-state index contributed by atoms with van der Waals surface area (Å²) in [7, 11) is 0. The topological polar surface area (TPSA) is 92.6 Å². The zero-order chi connectivity index (χ0) is 15.4. The smallest absolute Gasteiger partial charge is 0.214 e. The molecule has 1 aromatic carbocycles. The third kappa shape index (κ3) is 2.82. The molecule has 0 aliphatic rings. The lowest BCUT2D eigenvalue weighted by molar-refractivity contribution is 0.559. The summed E-state index contributed by atoms with van der Waals surface area (Å²) >= 11 is 1.18. The predicted molar refractivity (Wildman–Crippen MR) is 84.8 cm³/mol. The zero-order valence-electron chi connectivity index (χ0n) is 11.4. The van der Waals surface area contributed by atoms with Crippen molar-refractivity contribution >= 4 is 29.1 Å². The summed E-state index contributed by atoms with van der Waals surface area (Å²) < 4.78 is 6.62. The average Bonchev–Trinajstić information content (AvgIpc) is 3.15. The highest BCUT2D eigenvalue weighted by Gasteiger charge is 2.09. The van der Waals surface area contributed by atoms with E-state index in [1.165, 1.54) is 22.2 Å². The summed E-state index contributed by atoms with van der Waals surface area (Å²) in [6.45, 7) is 0. The largest absolute Gasteiger partial charge is 0.463 e. The van der Waals surface area contributed by atoms with Crippen molar-refractivity contribution in [2.24, 2.45) is 10.1 Å². The molecule has 7 heteroatoms. The van der Waals surface area contributed by atoms with E-state index < -0.39 is 0 Å². The first-order chi connectivity index (χ1) is 10.8. The quantitative estimate of drug-likeness (QED) is 0.754. The maximum atomic E-state index is 9.13. The van der Waals surface area contributed by atoms with E-state index in [2.05, 4.69) is 16.2 Å². The number of hydrogen-bond acceptors (Lipinski definition) is 6. The molecule has 0 radical (unpaired) electrons. The Hall–Kier alpha value is -3.11. The van der Waals surface area contributed by atoms with Gasteiger partial charge in [-0.05, 0) is 24.3 Å². The molecule has 2 heterocycles. The number of furan rings is 1. The molecule has 108 valence electrons. The molecule has 0 aliphatic carbocycles. The van der Waals surface area contributed by atoms with Crippen LogP contribution in [0, 0.1) is 11.3 Å². The molecular formula is C15H11N5OS. The van der Waals surface area contributed by atoms with E-state index in [9.17, 15) is 0 Å². The first kappa shape index (κ1) is 13.9. The summed E-state index contributed by atoms with van der Waals surface area (Å²) in [5, 5.41) is 13.4. The van der Waals surface area contributed by atoms with E-state index in [4.69, 9.17) is 15.4 Å². The van der Waals surface area contributed by atoms with Gasteiger partial charge in [-0.25, -0.2) is 4.99 Å². The number of nitrogens with two attached hydrogens (primary N) is 1. The molecule has 0 unspecified atom stereocenters. The minimum Gasteiger partial charge on any atom is -0.463 e. The van der Waals surface area contributed by atoms with Crippen LogP contribution in [0.3, 0.4) is 0 Å². The Bertz CT molecular complexity index is 898. The lowest BCUT2D eigenvalue weighted by Gasteiger charge is -1.97. The van der Waals surface area contributed by atoms with Crippen molar-refractivity contribution in [1.82, 2.24) is 4.68 Å². The highest BCUT2D eigenvalue weighted by Crippen LogP contribution is 2.16. The fourth-order valence-electron chi connectivity index (χ4n) is 1.74. The Balaban J connectivity index is 2.10. The van der Waals surface area contributed by atoms with E-state index in [1.54, 1.807) is 18.4 Å². The van der Waals surface area contributed by atoms with Crippen molar-refractivity contribution in [3.63, 3.8) is 0 Å². The van der Waals surface area contributed by atoms with Crippen LogP contribution >= 0.6 is 11.3 Å². The lowest BCUT2D eigenvalue weighted by atomic mass is 10.3. The van der Waals surface area contributed by atoms with Crippen LogP contribution in [0.4, 0.5) is 11.5 Å². The fourth-order valence-corrected chi connectivity index (χ4v) is 2.54. The van der Waals surface area contributed by atoms with Gasteiger partial charge in [-0.2, -0.15) is 15.0 Å². The van der Waals surface area contributed by atoms with Crippen molar-refractivity contribution in [2.45, 2.75) is 0 Å². The van der Waals surface area contributed by atoms with Crippen LogP contribution in [0.15, 0.2) is 63.2 Å². The number of benzene rings is 1. The molecule has 0 aliphatic heterocycles. The molecule has 0 spiro atoms. The van der Waals surface area contributed by atoms with Crippen molar-refractivity contribution < 1.29 is 4.42 Å². The van der Waals surface area contributed by atoms with Crippen LogP contribution in [0.1, 0.15) is 10.6 Å². The molecule has 3 aromatic rings. The molecule has 0 amide bonds. The van der Waals surface area contributed by atoms with Gasteiger partial charge >= 0.3 is 0 Å². The molecule has 6 nitrogen and oxygen atoms in total. The first-order valence-corrected chi connectivity index (χ1v) is 7.18. The number of nitrogen functional groups attached to an aromatic ring is 1. The highest BCUT2D eigenvalue weighted by molar-refractivity contribution is 7.10. The predicted octanol–water partition coefficient (Wildman–Crippen LogP) is 2.71. The molecule has 0 atom stereocenters. The minimum absolute atomic E-state index is 0.255. The number of nitriles is 1. The van der Waals surface area contributed by atoms with Gasteiger partial charge in [0.1, 0.15) is 11.8 Å². The second-order valence-electron chi connectivity index (χ2n) is 4.23. The van der Waals surface area contributed by atoms with Gasteiger partial charge in [0.25, 0.3) is 0 Å². The summed E-state index contributed by atoms with van der Waals surface area (Å²) in [5.74, 6) is 0.840. The van der Waals surface area contributed by atoms with Gasteiger partial charge in [0.2, 0.25) is 4.80 Å². The third-order valence-electron chi connectivity index (χ3n) is 2.76. The monoisotopic (exact) mass is 309 g/mol. The molecule has 22 heavy (non-hydrogen) atoms. The van der Waals surface area contributed by atoms with Gasteiger partial charge in [0.15, 0.2) is 10.7 Å². The van der Waals surface area contributed by atoms with Crippen LogP contribution in [-0.4, -0.2) is 10.9 Å². The van der Waals surface area contributed by atoms with Gasteiger partial charge in [-0.3, -0.25) is 0 Å². The Morgan fingerprint density at radius 1 is 1.23 bits per heavy atom. The number of nitrogens with zero attached hydrogens (tertiary/aromatic N) is 4. The Morgan fingerprint density at radius 3 is 2.73 bits per heavy atom. The molecule has 2 aromatic heterocycles. The summed E-state index contributed by atoms with van der Waals surface area (Å²) in [4.78, 5) is 5.36. The SMILES string of the molecule is N#Cc1sc(=Nc2ccccc2)n(/N=C\c2ccco2)c1N. The van der Waals surface area contributed by atoms with Crippen molar-refractivity contribution in [3.05, 3.63) is 64.2 Å². The van der Waals surface area contributed by atoms with Crippen LogP contribution in [-0.2, 0) is 0 Å². The van der Waals surface area contributed by atoms with Gasteiger partial charge in [0, 0.05) is 0 Å². The van der Waals surface area contributed by atoms with E-state index >= 15 is 0 Å². The number of thiazole rings is 1. The van der Waals surface area contributed by atoms with Gasteiger partial charge < -0.3 is 10.2 Å². The molecular weight excluding hydrogens is 298 g/mol. The Morgan fingerprint density at radius 2 is 2.05 bits per heavy atom. The number of para-hydroxylation sites is 1. The highest BCUT2D eigenvalue weighted by atomic mass is 32.1. The summed E-state index contributed by atoms with van der Waals surface area (Å²) in [6, 6.07) is 15.0. The second kappa shape index (κ2) is 6.11. The van der Waals surface area contributed by atoms with E-state index in [0.717, 1.165) is 5.69 Å². The second-order valence-corrected chi connectivity index (χ2v) is 5.21. The Labute approximate surface area is 130 Å². The molecule has 2 N–H and O–H groups in total. The van der Waals surface area contributed by atoms with E-state index in [1.807, 2.05) is 30.3 Å². The van der Waals surface area contributed by atoms with Crippen molar-refractivity contribution in [3.8, 4) is 6.07 Å². The lowest BCUT2D eigenvalue weighted by Crippen LogP contribution is -2.12. The molecule has 0 saturated heterocycles. The first-order valence-electron chi connectivity index (χ1n) is 6.37. The maximum absolute atomic E-state index is 9.13. The van der Waals surface area contributed by atoms with Crippen molar-refractivity contribution in [2.75, 3.05) is 5.73 Å². The van der Waals surface area contributed by atoms with Crippen LogP contribution in [0.25, 0.3) is 0 Å². The van der Waals surface area contributed by atoms with Gasteiger partial charge in [-0.15, -0.1) is 0 Å². The molecule has 3 rings (SSSR count). The fraction of sp³-hybridized carbons (Fsp3) is 0.